The third-order valence-electron chi connectivity index (χ3n) is 4.41. The normalized spacial score (nSPS) is 25.2. The van der Waals surface area contributed by atoms with Crippen LogP contribution in [0.15, 0.2) is 4.99 Å². The van der Waals surface area contributed by atoms with Crippen molar-refractivity contribution in [3.05, 3.63) is 0 Å². The molecule has 2 rings (SSSR count). The molecule has 0 bridgehead atoms. The SMILES string of the molecule is CN=C(NCC(O)C(F)(F)F)N1CCC(N2CCCCC2)C1.I. The summed E-state index contributed by atoms with van der Waals surface area (Å²) >= 11 is 0. The molecule has 2 N–H and O–H groups in total. The number of halogens is 4. The van der Waals surface area contributed by atoms with Crippen LogP contribution in [-0.4, -0.2) is 79.0 Å². The summed E-state index contributed by atoms with van der Waals surface area (Å²) in [6, 6.07) is 0.450. The lowest BCUT2D eigenvalue weighted by Gasteiger charge is -2.32. The Labute approximate surface area is 152 Å². The molecule has 2 aliphatic rings. The lowest BCUT2D eigenvalue weighted by atomic mass is 10.1. The summed E-state index contributed by atoms with van der Waals surface area (Å²) in [5.74, 6) is 0.433. The molecule has 2 fully saturated rings. The third kappa shape index (κ3) is 5.93. The first-order chi connectivity index (χ1) is 10.4. The standard InChI is InChI=1S/C14H25F3N4O.HI/c1-18-13(19-9-12(22)14(15,16)17)21-8-5-11(10-21)20-6-3-2-4-7-20;/h11-12,22H,2-10H2,1H3,(H,18,19);1H. The number of aliphatic imine (C=N–C) groups is 1. The van der Waals surface area contributed by atoms with E-state index < -0.39 is 18.8 Å². The number of hydrogen-bond donors (Lipinski definition) is 2. The summed E-state index contributed by atoms with van der Waals surface area (Å²) < 4.78 is 37.0. The zero-order valence-electron chi connectivity index (χ0n) is 13.3. The van der Waals surface area contributed by atoms with Crippen LogP contribution in [0.25, 0.3) is 0 Å². The van der Waals surface area contributed by atoms with E-state index in [1.54, 1.807) is 7.05 Å². The van der Waals surface area contributed by atoms with Crippen molar-refractivity contribution in [3.63, 3.8) is 0 Å². The van der Waals surface area contributed by atoms with Gasteiger partial charge in [0.1, 0.15) is 0 Å². The number of guanidine groups is 1. The van der Waals surface area contributed by atoms with E-state index in [1.807, 2.05) is 4.90 Å². The van der Waals surface area contributed by atoms with Crippen LogP contribution in [-0.2, 0) is 0 Å². The number of alkyl halides is 3. The largest absolute Gasteiger partial charge is 0.416 e. The topological polar surface area (TPSA) is 51.1 Å². The highest BCUT2D eigenvalue weighted by molar-refractivity contribution is 14.0. The van der Waals surface area contributed by atoms with Crippen LogP contribution < -0.4 is 5.32 Å². The highest BCUT2D eigenvalue weighted by Crippen LogP contribution is 2.21. The number of piperidine rings is 1. The second kappa shape index (κ2) is 9.26. The van der Waals surface area contributed by atoms with E-state index >= 15 is 0 Å². The van der Waals surface area contributed by atoms with E-state index in [1.165, 1.54) is 19.3 Å². The molecule has 0 saturated carbocycles. The molecule has 0 aromatic rings. The van der Waals surface area contributed by atoms with Crippen molar-refractivity contribution in [1.82, 2.24) is 15.1 Å². The lowest BCUT2D eigenvalue weighted by molar-refractivity contribution is -0.201. The maximum absolute atomic E-state index is 12.3. The zero-order valence-corrected chi connectivity index (χ0v) is 15.7. The fourth-order valence-corrected chi connectivity index (χ4v) is 3.15. The molecule has 2 saturated heterocycles. The summed E-state index contributed by atoms with van der Waals surface area (Å²) in [6.45, 7) is 3.21. The van der Waals surface area contributed by atoms with E-state index in [0.29, 0.717) is 12.0 Å². The summed E-state index contributed by atoms with van der Waals surface area (Å²) in [5, 5.41) is 11.7. The van der Waals surface area contributed by atoms with Crippen LogP contribution in [0.5, 0.6) is 0 Å². The summed E-state index contributed by atoms with van der Waals surface area (Å²) in [4.78, 5) is 8.49. The summed E-state index contributed by atoms with van der Waals surface area (Å²) in [7, 11) is 1.55. The lowest BCUT2D eigenvalue weighted by Crippen LogP contribution is -2.48. The first-order valence-electron chi connectivity index (χ1n) is 7.86. The molecule has 0 radical (unpaired) electrons. The molecule has 0 amide bonds. The number of rotatable bonds is 3. The van der Waals surface area contributed by atoms with Gasteiger partial charge in [0.2, 0.25) is 0 Å². The van der Waals surface area contributed by atoms with Crippen molar-refractivity contribution in [2.45, 2.75) is 44.0 Å². The molecular weight excluding hydrogens is 424 g/mol. The van der Waals surface area contributed by atoms with Gasteiger partial charge in [-0.25, -0.2) is 0 Å². The Morgan fingerprint density at radius 1 is 1.26 bits per heavy atom. The third-order valence-corrected chi connectivity index (χ3v) is 4.41. The van der Waals surface area contributed by atoms with Gasteiger partial charge >= 0.3 is 6.18 Å². The van der Waals surface area contributed by atoms with Crippen LogP contribution in [0.1, 0.15) is 25.7 Å². The quantitative estimate of drug-likeness (QED) is 0.390. The molecule has 0 spiro atoms. The van der Waals surface area contributed by atoms with Crippen molar-refractivity contribution in [2.75, 3.05) is 39.8 Å². The van der Waals surface area contributed by atoms with Crippen LogP contribution in [0.3, 0.4) is 0 Å². The Morgan fingerprint density at radius 3 is 2.48 bits per heavy atom. The Bertz CT molecular complexity index is 389. The van der Waals surface area contributed by atoms with Gasteiger partial charge in [-0.1, -0.05) is 6.42 Å². The van der Waals surface area contributed by atoms with Crippen LogP contribution >= 0.6 is 24.0 Å². The fourth-order valence-electron chi connectivity index (χ4n) is 3.15. The molecule has 23 heavy (non-hydrogen) atoms. The van der Waals surface area contributed by atoms with Crippen molar-refractivity contribution in [3.8, 4) is 0 Å². The molecule has 136 valence electrons. The molecular formula is C14H26F3IN4O. The van der Waals surface area contributed by atoms with Gasteiger partial charge in [0.05, 0.1) is 6.54 Å². The van der Waals surface area contributed by atoms with Gasteiger partial charge in [0, 0.05) is 26.2 Å². The van der Waals surface area contributed by atoms with Crippen molar-refractivity contribution in [1.29, 1.82) is 0 Å². The molecule has 2 heterocycles. The highest BCUT2D eigenvalue weighted by Gasteiger charge is 2.38. The van der Waals surface area contributed by atoms with E-state index in [0.717, 1.165) is 32.6 Å². The average molecular weight is 450 g/mol. The second-order valence-corrected chi connectivity index (χ2v) is 5.97. The van der Waals surface area contributed by atoms with Crippen LogP contribution in [0.2, 0.25) is 0 Å². The van der Waals surface area contributed by atoms with Gasteiger partial charge in [0.15, 0.2) is 12.1 Å². The average Bonchev–Trinajstić information content (AvgIpc) is 2.97. The minimum absolute atomic E-state index is 0. The summed E-state index contributed by atoms with van der Waals surface area (Å²) in [5.41, 5.74) is 0. The fraction of sp³-hybridized carbons (Fsp3) is 0.929. The number of nitrogens with zero attached hydrogens (tertiary/aromatic N) is 3. The van der Waals surface area contributed by atoms with Gasteiger partial charge < -0.3 is 15.3 Å². The van der Waals surface area contributed by atoms with E-state index in [4.69, 9.17) is 5.11 Å². The van der Waals surface area contributed by atoms with Gasteiger partial charge in [-0.2, -0.15) is 13.2 Å². The smallest absolute Gasteiger partial charge is 0.382 e. The number of aliphatic hydroxyl groups is 1. The number of nitrogens with one attached hydrogen (secondary N) is 1. The predicted molar refractivity (Wildman–Crippen MR) is 94.2 cm³/mol. The Kier molecular flexibility index (Phi) is 8.36. The molecule has 9 heteroatoms. The van der Waals surface area contributed by atoms with Gasteiger partial charge in [-0.05, 0) is 32.4 Å². The Morgan fingerprint density at radius 2 is 1.91 bits per heavy atom. The van der Waals surface area contributed by atoms with Crippen molar-refractivity contribution < 1.29 is 18.3 Å². The van der Waals surface area contributed by atoms with E-state index in [9.17, 15) is 13.2 Å². The van der Waals surface area contributed by atoms with Gasteiger partial charge in [0.25, 0.3) is 0 Å². The molecule has 0 aromatic heterocycles. The van der Waals surface area contributed by atoms with Crippen molar-refractivity contribution >= 4 is 29.9 Å². The van der Waals surface area contributed by atoms with Crippen LogP contribution in [0, 0.1) is 0 Å². The van der Waals surface area contributed by atoms with E-state index in [2.05, 4.69) is 15.2 Å². The first-order valence-corrected chi connectivity index (χ1v) is 7.86. The molecule has 2 unspecified atom stereocenters. The first kappa shape index (κ1) is 20.8. The monoisotopic (exact) mass is 450 g/mol. The van der Waals surface area contributed by atoms with Gasteiger partial charge in [-0.15, -0.1) is 24.0 Å². The molecule has 5 nitrogen and oxygen atoms in total. The molecule has 2 atom stereocenters. The highest BCUT2D eigenvalue weighted by atomic mass is 127. The molecule has 2 aliphatic heterocycles. The number of likely N-dealkylation sites (tertiary alicyclic amines) is 2. The maximum Gasteiger partial charge on any atom is 0.416 e. The number of aliphatic hydroxyl groups excluding tert-OH is 1. The second-order valence-electron chi connectivity index (χ2n) is 5.97. The zero-order chi connectivity index (χ0) is 16.2. The predicted octanol–water partition coefficient (Wildman–Crippen LogP) is 1.66. The maximum atomic E-state index is 12.3. The molecule has 0 aromatic carbocycles. The van der Waals surface area contributed by atoms with E-state index in [-0.39, 0.29) is 24.0 Å². The van der Waals surface area contributed by atoms with Crippen LogP contribution in [0.4, 0.5) is 13.2 Å². The number of hydrogen-bond acceptors (Lipinski definition) is 3. The minimum atomic E-state index is -4.60. The molecule has 0 aliphatic carbocycles. The van der Waals surface area contributed by atoms with Gasteiger partial charge in [-0.3, -0.25) is 9.89 Å². The summed E-state index contributed by atoms with van der Waals surface area (Å²) in [6.07, 6.45) is -2.24. The Balaban J connectivity index is 0.00000264. The minimum Gasteiger partial charge on any atom is -0.382 e. The Hall–Kier alpha value is -0.290. The van der Waals surface area contributed by atoms with Crippen molar-refractivity contribution in [2.24, 2.45) is 4.99 Å².